The van der Waals surface area contributed by atoms with E-state index in [9.17, 15) is 0 Å². The van der Waals surface area contributed by atoms with Gasteiger partial charge in [-0.1, -0.05) is 31.0 Å². The molecular weight excluding hydrogens is 256 g/mol. The minimum absolute atomic E-state index is 0.784. The predicted octanol–water partition coefficient (Wildman–Crippen LogP) is 4.26. The number of hydrogen-bond donors (Lipinski definition) is 1. The Bertz CT molecular complexity index is 465. The molecule has 1 saturated heterocycles. The lowest BCUT2D eigenvalue weighted by Gasteiger charge is -2.26. The largest absolute Gasteiger partial charge is 0.371 e. The van der Waals surface area contributed by atoms with Crippen LogP contribution >= 0.6 is 0 Å². The molecule has 2 heteroatoms. The van der Waals surface area contributed by atoms with Gasteiger partial charge >= 0.3 is 0 Å². The third-order valence-electron chi connectivity index (χ3n) is 5.16. The highest BCUT2D eigenvalue weighted by Crippen LogP contribution is 2.28. The van der Waals surface area contributed by atoms with Crippen LogP contribution in [0.3, 0.4) is 0 Å². The first-order valence-corrected chi connectivity index (χ1v) is 8.84. The van der Waals surface area contributed by atoms with Crippen LogP contribution in [0.5, 0.6) is 0 Å². The van der Waals surface area contributed by atoms with Crippen LogP contribution in [0.25, 0.3) is 0 Å². The minimum atomic E-state index is 0.784. The third-order valence-corrected chi connectivity index (χ3v) is 5.16. The van der Waals surface area contributed by atoms with Gasteiger partial charge in [0.25, 0.3) is 0 Å². The van der Waals surface area contributed by atoms with Crippen molar-refractivity contribution in [1.82, 2.24) is 5.32 Å². The van der Waals surface area contributed by atoms with Gasteiger partial charge in [0.15, 0.2) is 0 Å². The van der Waals surface area contributed by atoms with Crippen molar-refractivity contribution < 1.29 is 0 Å². The summed E-state index contributed by atoms with van der Waals surface area (Å²) in [6.45, 7) is 8.06. The van der Waals surface area contributed by atoms with E-state index in [2.05, 4.69) is 42.3 Å². The van der Waals surface area contributed by atoms with Gasteiger partial charge in [-0.15, -0.1) is 0 Å². The van der Waals surface area contributed by atoms with Gasteiger partial charge in [0.2, 0.25) is 0 Å². The van der Waals surface area contributed by atoms with Crippen LogP contribution in [0.2, 0.25) is 0 Å². The van der Waals surface area contributed by atoms with E-state index in [-0.39, 0.29) is 0 Å². The van der Waals surface area contributed by atoms with Crippen molar-refractivity contribution in [3.8, 4) is 0 Å². The van der Waals surface area contributed by atoms with E-state index in [0.717, 1.165) is 18.5 Å². The second-order valence-corrected chi connectivity index (χ2v) is 6.98. The van der Waals surface area contributed by atoms with Gasteiger partial charge in [-0.25, -0.2) is 0 Å². The summed E-state index contributed by atoms with van der Waals surface area (Å²) in [5.74, 6) is 0.938. The molecule has 1 aliphatic carbocycles. The minimum Gasteiger partial charge on any atom is -0.371 e. The van der Waals surface area contributed by atoms with Crippen LogP contribution in [0.1, 0.15) is 56.6 Å². The first kappa shape index (κ1) is 14.9. The van der Waals surface area contributed by atoms with Gasteiger partial charge < -0.3 is 10.2 Å². The van der Waals surface area contributed by atoms with Crippen LogP contribution in [0.4, 0.5) is 5.69 Å². The number of nitrogens with one attached hydrogen (secondary N) is 1. The van der Waals surface area contributed by atoms with Crippen molar-refractivity contribution >= 4 is 5.69 Å². The molecule has 116 valence electrons. The van der Waals surface area contributed by atoms with Crippen molar-refractivity contribution in [1.29, 1.82) is 0 Å². The summed E-state index contributed by atoms with van der Waals surface area (Å²) in [6.07, 6.45) is 8.19. The zero-order valence-corrected chi connectivity index (χ0v) is 13.7. The van der Waals surface area contributed by atoms with E-state index in [0.29, 0.717) is 0 Å². The predicted molar refractivity (Wildman–Crippen MR) is 90.9 cm³/mol. The molecular formula is C19H30N2. The molecule has 1 aliphatic heterocycles. The summed E-state index contributed by atoms with van der Waals surface area (Å²) >= 11 is 0. The van der Waals surface area contributed by atoms with E-state index in [1.54, 1.807) is 0 Å². The molecule has 0 spiro atoms. The summed E-state index contributed by atoms with van der Waals surface area (Å²) in [5.41, 5.74) is 4.36. The molecule has 1 aromatic carbocycles. The Balaban J connectivity index is 1.72. The molecule has 21 heavy (non-hydrogen) atoms. The van der Waals surface area contributed by atoms with Crippen molar-refractivity contribution in [3.05, 3.63) is 29.3 Å². The average Bonchev–Trinajstić information content (AvgIpc) is 3.32. The maximum atomic E-state index is 3.69. The summed E-state index contributed by atoms with van der Waals surface area (Å²) in [7, 11) is 0. The van der Waals surface area contributed by atoms with Crippen LogP contribution in [0.15, 0.2) is 18.2 Å². The molecule has 1 unspecified atom stereocenters. The Morgan fingerprint density at radius 3 is 2.76 bits per heavy atom. The highest BCUT2D eigenvalue weighted by atomic mass is 15.1. The van der Waals surface area contributed by atoms with Gasteiger partial charge in [-0.05, 0) is 56.6 Å². The second kappa shape index (κ2) is 6.83. The zero-order chi connectivity index (χ0) is 14.7. The highest BCUT2D eigenvalue weighted by Gasteiger charge is 2.22. The SMILES string of the molecule is CCC1CCCN(c2ccc(C)cc2CNC2CC2)CC1. The number of rotatable bonds is 5. The second-order valence-electron chi connectivity index (χ2n) is 6.98. The average molecular weight is 286 g/mol. The molecule has 2 nitrogen and oxygen atoms in total. The maximum absolute atomic E-state index is 3.69. The number of anilines is 1. The van der Waals surface area contributed by atoms with Gasteiger partial charge in [0, 0.05) is 31.4 Å². The zero-order valence-electron chi connectivity index (χ0n) is 13.7. The molecule has 0 aromatic heterocycles. The van der Waals surface area contributed by atoms with E-state index >= 15 is 0 Å². The molecule has 1 heterocycles. The molecule has 0 amide bonds. The van der Waals surface area contributed by atoms with E-state index in [1.807, 2.05) is 0 Å². The Labute approximate surface area is 129 Å². The molecule has 2 aliphatic rings. The first-order valence-electron chi connectivity index (χ1n) is 8.84. The summed E-state index contributed by atoms with van der Waals surface area (Å²) in [4.78, 5) is 2.64. The van der Waals surface area contributed by atoms with Gasteiger partial charge in [-0.2, -0.15) is 0 Å². The van der Waals surface area contributed by atoms with Crippen molar-refractivity contribution in [3.63, 3.8) is 0 Å². The molecule has 0 radical (unpaired) electrons. The maximum Gasteiger partial charge on any atom is 0.0412 e. The van der Waals surface area contributed by atoms with Gasteiger partial charge in [-0.3, -0.25) is 0 Å². The molecule has 2 fully saturated rings. The Hall–Kier alpha value is -1.02. The lowest BCUT2D eigenvalue weighted by Crippen LogP contribution is -2.27. The standard InChI is InChI=1S/C19H30N2/c1-3-16-5-4-11-21(12-10-16)19-9-6-15(2)13-17(19)14-20-18-7-8-18/h6,9,13,16,18,20H,3-5,7-8,10-12,14H2,1-2H3. The Morgan fingerprint density at radius 2 is 2.00 bits per heavy atom. The van der Waals surface area contributed by atoms with Crippen LogP contribution in [-0.2, 0) is 6.54 Å². The number of benzene rings is 1. The summed E-state index contributed by atoms with van der Waals surface area (Å²) in [6, 6.07) is 7.79. The first-order chi connectivity index (χ1) is 10.3. The highest BCUT2D eigenvalue weighted by molar-refractivity contribution is 5.55. The van der Waals surface area contributed by atoms with E-state index in [1.165, 1.54) is 68.4 Å². The number of aryl methyl sites for hydroxylation is 1. The molecule has 0 bridgehead atoms. The van der Waals surface area contributed by atoms with Crippen LogP contribution in [-0.4, -0.2) is 19.1 Å². The Kier molecular flexibility index (Phi) is 4.84. The fourth-order valence-corrected chi connectivity index (χ4v) is 3.52. The molecule has 3 rings (SSSR count). The molecule has 1 aromatic rings. The molecule has 1 saturated carbocycles. The molecule has 1 N–H and O–H groups in total. The summed E-state index contributed by atoms with van der Waals surface area (Å²) < 4.78 is 0. The van der Waals surface area contributed by atoms with Crippen molar-refractivity contribution in [2.45, 2.75) is 65.0 Å². The van der Waals surface area contributed by atoms with Crippen molar-refractivity contribution in [2.24, 2.45) is 5.92 Å². The fraction of sp³-hybridized carbons (Fsp3) is 0.684. The number of hydrogen-bond acceptors (Lipinski definition) is 2. The fourth-order valence-electron chi connectivity index (χ4n) is 3.52. The third kappa shape index (κ3) is 4.00. The van der Waals surface area contributed by atoms with Crippen molar-refractivity contribution in [2.75, 3.05) is 18.0 Å². The van der Waals surface area contributed by atoms with E-state index in [4.69, 9.17) is 0 Å². The molecule has 1 atom stereocenters. The summed E-state index contributed by atoms with van der Waals surface area (Å²) in [5, 5.41) is 3.69. The van der Waals surface area contributed by atoms with Crippen LogP contribution in [0, 0.1) is 12.8 Å². The Morgan fingerprint density at radius 1 is 1.14 bits per heavy atom. The van der Waals surface area contributed by atoms with Gasteiger partial charge in [0.1, 0.15) is 0 Å². The lowest BCUT2D eigenvalue weighted by atomic mass is 9.98. The van der Waals surface area contributed by atoms with Gasteiger partial charge in [0.05, 0.1) is 0 Å². The smallest absolute Gasteiger partial charge is 0.0412 e. The van der Waals surface area contributed by atoms with E-state index < -0.39 is 0 Å². The quantitative estimate of drug-likeness (QED) is 0.870. The monoisotopic (exact) mass is 286 g/mol. The number of nitrogens with zero attached hydrogens (tertiary/aromatic N) is 1. The normalized spacial score (nSPS) is 23.1. The topological polar surface area (TPSA) is 15.3 Å². The van der Waals surface area contributed by atoms with Crippen LogP contribution < -0.4 is 10.2 Å². The lowest BCUT2D eigenvalue weighted by molar-refractivity contribution is 0.459.